The number of fused-ring (bicyclic) bond motifs is 1. The van der Waals surface area contributed by atoms with Crippen molar-refractivity contribution in [3.63, 3.8) is 0 Å². The summed E-state index contributed by atoms with van der Waals surface area (Å²) in [5.74, 6) is 1.14. The molecule has 2 aromatic carbocycles. The molecule has 0 atom stereocenters. The van der Waals surface area contributed by atoms with Gasteiger partial charge >= 0.3 is 0 Å². The van der Waals surface area contributed by atoms with Gasteiger partial charge in [0.15, 0.2) is 5.65 Å². The summed E-state index contributed by atoms with van der Waals surface area (Å²) in [6, 6.07) is 17.9. The minimum Gasteiger partial charge on any atom is -0.495 e. The van der Waals surface area contributed by atoms with E-state index in [1.165, 1.54) is 17.7 Å². The molecule has 164 valence electrons. The third-order valence-electron chi connectivity index (χ3n) is 5.25. The molecule has 0 aliphatic carbocycles. The first-order valence-corrected chi connectivity index (χ1v) is 11.1. The molecule has 3 N–H and O–H groups in total. The van der Waals surface area contributed by atoms with E-state index in [1.807, 2.05) is 47.8 Å². The van der Waals surface area contributed by atoms with Gasteiger partial charge in [-0.2, -0.15) is 5.10 Å². The topological polar surface area (TPSA) is 105 Å². The molecule has 0 radical (unpaired) electrons. The van der Waals surface area contributed by atoms with Crippen molar-refractivity contribution in [1.82, 2.24) is 25.5 Å². The van der Waals surface area contributed by atoms with Crippen molar-refractivity contribution >= 4 is 39.8 Å². The van der Waals surface area contributed by atoms with E-state index in [0.717, 1.165) is 33.5 Å². The van der Waals surface area contributed by atoms with Gasteiger partial charge < -0.3 is 15.4 Å². The van der Waals surface area contributed by atoms with Gasteiger partial charge in [0.2, 0.25) is 0 Å². The molecule has 0 fully saturated rings. The molecule has 9 heteroatoms. The number of thiophene rings is 1. The van der Waals surface area contributed by atoms with Crippen LogP contribution in [-0.4, -0.2) is 40.2 Å². The molecule has 0 aliphatic rings. The Labute approximate surface area is 193 Å². The zero-order valence-corrected chi connectivity index (χ0v) is 18.7. The summed E-state index contributed by atoms with van der Waals surface area (Å²) in [6.45, 7) is 0. The molecule has 0 spiro atoms. The monoisotopic (exact) mass is 456 g/mol. The molecular formula is C24H20N6O2S. The van der Waals surface area contributed by atoms with Crippen molar-refractivity contribution in [1.29, 1.82) is 0 Å². The first-order valence-electron chi connectivity index (χ1n) is 10.2. The molecule has 1 amide bonds. The summed E-state index contributed by atoms with van der Waals surface area (Å²) in [5.41, 5.74) is 5.00. The lowest BCUT2D eigenvalue weighted by atomic mass is 10.0. The van der Waals surface area contributed by atoms with Gasteiger partial charge in [0.05, 0.1) is 28.8 Å². The van der Waals surface area contributed by atoms with E-state index in [2.05, 4.69) is 42.9 Å². The van der Waals surface area contributed by atoms with E-state index in [0.29, 0.717) is 22.1 Å². The van der Waals surface area contributed by atoms with Crippen molar-refractivity contribution in [2.75, 3.05) is 19.5 Å². The fourth-order valence-electron chi connectivity index (χ4n) is 3.61. The summed E-state index contributed by atoms with van der Waals surface area (Å²) >= 11 is 1.36. The molecule has 5 rings (SSSR count). The maximum absolute atomic E-state index is 12.0. The Kier molecular flexibility index (Phi) is 5.45. The number of H-pyrrole nitrogens is 1. The van der Waals surface area contributed by atoms with Crippen molar-refractivity contribution in [2.24, 2.45) is 0 Å². The first kappa shape index (κ1) is 20.7. The van der Waals surface area contributed by atoms with Gasteiger partial charge in [0, 0.05) is 18.0 Å². The fourth-order valence-corrected chi connectivity index (χ4v) is 4.46. The van der Waals surface area contributed by atoms with Crippen LogP contribution in [0.15, 0.2) is 66.3 Å². The summed E-state index contributed by atoms with van der Waals surface area (Å²) in [7, 11) is 3.24. The van der Waals surface area contributed by atoms with Crippen LogP contribution in [0.25, 0.3) is 33.4 Å². The molecular weight excluding hydrogens is 436 g/mol. The predicted octanol–water partition coefficient (Wildman–Crippen LogP) is 4.86. The third-order valence-corrected chi connectivity index (χ3v) is 6.18. The summed E-state index contributed by atoms with van der Waals surface area (Å²) in [4.78, 5) is 21.4. The number of methoxy groups -OCH3 is 1. The summed E-state index contributed by atoms with van der Waals surface area (Å²) in [6.07, 6.45) is 1.46. The number of rotatable bonds is 6. The Balaban J connectivity index is 1.58. The minimum absolute atomic E-state index is 0.132. The largest absolute Gasteiger partial charge is 0.495 e. The highest BCUT2D eigenvalue weighted by Gasteiger charge is 2.18. The van der Waals surface area contributed by atoms with Crippen molar-refractivity contribution in [3.05, 3.63) is 71.2 Å². The molecule has 0 bridgehead atoms. The molecule has 3 aromatic heterocycles. The Morgan fingerprint density at radius 2 is 1.88 bits per heavy atom. The quantitative estimate of drug-likeness (QED) is 0.337. The third kappa shape index (κ3) is 3.90. The SMILES string of the molecule is CNC(=O)c1cc(-c2[nH]nc3ncnc(Nc4cc(-c5ccccc5)ccc4OC)c23)cs1. The average molecular weight is 457 g/mol. The zero-order chi connectivity index (χ0) is 22.8. The number of carbonyl (C=O) groups is 1. The molecule has 0 saturated carbocycles. The van der Waals surface area contributed by atoms with Crippen LogP contribution in [0.2, 0.25) is 0 Å². The Bertz CT molecular complexity index is 1440. The number of carbonyl (C=O) groups excluding carboxylic acids is 1. The van der Waals surface area contributed by atoms with E-state index < -0.39 is 0 Å². The van der Waals surface area contributed by atoms with Crippen LogP contribution in [0.3, 0.4) is 0 Å². The maximum Gasteiger partial charge on any atom is 0.261 e. The first-order chi connectivity index (χ1) is 16.2. The number of hydrogen-bond acceptors (Lipinski definition) is 7. The number of benzene rings is 2. The number of anilines is 2. The van der Waals surface area contributed by atoms with Gasteiger partial charge in [0.25, 0.3) is 5.91 Å². The van der Waals surface area contributed by atoms with E-state index in [9.17, 15) is 4.79 Å². The van der Waals surface area contributed by atoms with Crippen LogP contribution in [-0.2, 0) is 0 Å². The number of nitrogens with zero attached hydrogens (tertiary/aromatic N) is 3. The molecule has 33 heavy (non-hydrogen) atoms. The number of aromatic nitrogens is 4. The van der Waals surface area contributed by atoms with Crippen LogP contribution in [0.1, 0.15) is 9.67 Å². The standard InChI is InChI=1S/C24H20N6O2S/c1-25-24(31)19-11-16(12-33-19)21-20-22(26-13-27-23(20)30-29-21)28-17-10-15(8-9-18(17)32-2)14-6-4-3-5-7-14/h3-13H,1-2H3,(H,25,31)(H2,26,27,28,29,30). The summed E-state index contributed by atoms with van der Waals surface area (Å²) in [5, 5.41) is 16.1. The second-order valence-corrected chi connectivity index (χ2v) is 8.12. The number of hydrogen-bond donors (Lipinski definition) is 3. The van der Waals surface area contributed by atoms with Crippen LogP contribution in [0.4, 0.5) is 11.5 Å². The lowest BCUT2D eigenvalue weighted by Gasteiger charge is -2.13. The van der Waals surface area contributed by atoms with Crippen LogP contribution >= 0.6 is 11.3 Å². The van der Waals surface area contributed by atoms with Crippen molar-refractivity contribution < 1.29 is 9.53 Å². The van der Waals surface area contributed by atoms with Gasteiger partial charge in [-0.15, -0.1) is 11.3 Å². The predicted molar refractivity (Wildman–Crippen MR) is 130 cm³/mol. The molecule has 0 unspecified atom stereocenters. The van der Waals surface area contributed by atoms with Crippen LogP contribution in [0, 0.1) is 0 Å². The second kappa shape index (κ2) is 8.71. The number of aromatic amines is 1. The van der Waals surface area contributed by atoms with E-state index in [1.54, 1.807) is 14.2 Å². The molecule has 5 aromatic rings. The highest BCUT2D eigenvalue weighted by molar-refractivity contribution is 7.12. The average Bonchev–Trinajstić information content (AvgIpc) is 3.52. The van der Waals surface area contributed by atoms with Gasteiger partial charge in [-0.05, 0) is 29.3 Å². The highest BCUT2D eigenvalue weighted by atomic mass is 32.1. The van der Waals surface area contributed by atoms with Crippen molar-refractivity contribution in [3.8, 4) is 28.1 Å². The molecule has 3 heterocycles. The van der Waals surface area contributed by atoms with E-state index in [-0.39, 0.29) is 5.91 Å². The summed E-state index contributed by atoms with van der Waals surface area (Å²) < 4.78 is 5.59. The highest BCUT2D eigenvalue weighted by Crippen LogP contribution is 2.37. The lowest BCUT2D eigenvalue weighted by molar-refractivity contribution is 0.0967. The number of ether oxygens (including phenoxy) is 1. The Hall–Kier alpha value is -4.24. The number of nitrogens with one attached hydrogen (secondary N) is 3. The number of amides is 1. The van der Waals surface area contributed by atoms with Gasteiger partial charge in [-0.3, -0.25) is 9.89 Å². The van der Waals surface area contributed by atoms with Crippen LogP contribution < -0.4 is 15.4 Å². The lowest BCUT2D eigenvalue weighted by Crippen LogP contribution is -2.15. The van der Waals surface area contributed by atoms with E-state index in [4.69, 9.17) is 4.74 Å². The molecule has 8 nitrogen and oxygen atoms in total. The smallest absolute Gasteiger partial charge is 0.261 e. The Morgan fingerprint density at radius 3 is 2.67 bits per heavy atom. The molecule has 0 aliphatic heterocycles. The van der Waals surface area contributed by atoms with Gasteiger partial charge in [-0.1, -0.05) is 36.4 Å². The normalized spacial score (nSPS) is 10.8. The van der Waals surface area contributed by atoms with Crippen LogP contribution in [0.5, 0.6) is 5.75 Å². The van der Waals surface area contributed by atoms with E-state index >= 15 is 0 Å². The van der Waals surface area contributed by atoms with Gasteiger partial charge in [-0.25, -0.2) is 9.97 Å². The minimum atomic E-state index is -0.132. The second-order valence-electron chi connectivity index (χ2n) is 7.20. The zero-order valence-electron chi connectivity index (χ0n) is 17.9. The van der Waals surface area contributed by atoms with Gasteiger partial charge in [0.1, 0.15) is 17.9 Å². The fraction of sp³-hybridized carbons (Fsp3) is 0.0833. The molecule has 0 saturated heterocycles. The maximum atomic E-state index is 12.0. The Morgan fingerprint density at radius 1 is 1.03 bits per heavy atom. The van der Waals surface area contributed by atoms with Crippen molar-refractivity contribution in [2.45, 2.75) is 0 Å².